The number of halogens is 1. The summed E-state index contributed by atoms with van der Waals surface area (Å²) in [7, 11) is 0. The molecule has 2 aromatic rings. The zero-order valence-corrected chi connectivity index (χ0v) is 14.8. The third-order valence-corrected chi connectivity index (χ3v) is 4.09. The van der Waals surface area contributed by atoms with Crippen molar-refractivity contribution in [3.63, 3.8) is 0 Å². The Morgan fingerprint density at radius 2 is 1.92 bits per heavy atom. The molecule has 0 N–H and O–H groups in total. The molecule has 0 spiro atoms. The second-order valence-electron chi connectivity index (χ2n) is 5.67. The molecule has 9 heteroatoms. The van der Waals surface area contributed by atoms with Crippen molar-refractivity contribution in [2.45, 2.75) is 12.8 Å². The van der Waals surface area contributed by atoms with Gasteiger partial charge in [0.2, 0.25) is 11.7 Å². The fourth-order valence-electron chi connectivity index (χ4n) is 2.40. The largest absolute Gasteiger partial charge is 0.456 e. The summed E-state index contributed by atoms with van der Waals surface area (Å²) in [5.74, 6) is 0.0428. The maximum absolute atomic E-state index is 11.9. The van der Waals surface area contributed by atoms with Crippen LogP contribution in [0.2, 0.25) is 5.02 Å². The molecule has 1 aliphatic heterocycles. The Kier molecular flexibility index (Phi) is 6.19. The van der Waals surface area contributed by atoms with Crippen LogP contribution in [0, 0.1) is 0 Å². The molecule has 26 heavy (non-hydrogen) atoms. The number of rotatable bonds is 6. The molecule has 0 bridgehead atoms. The number of aryl methyl sites for hydroxylation is 1. The lowest BCUT2D eigenvalue weighted by atomic mass is 10.2. The van der Waals surface area contributed by atoms with E-state index in [-0.39, 0.29) is 25.4 Å². The predicted octanol–water partition coefficient (Wildman–Crippen LogP) is 1.72. The summed E-state index contributed by atoms with van der Waals surface area (Å²) in [6.45, 7) is 1.79. The first-order chi connectivity index (χ1) is 12.6. The average molecular weight is 380 g/mol. The monoisotopic (exact) mass is 379 g/mol. The molecule has 1 fully saturated rings. The quantitative estimate of drug-likeness (QED) is 0.705. The van der Waals surface area contributed by atoms with Crippen LogP contribution in [0.4, 0.5) is 0 Å². The highest BCUT2D eigenvalue weighted by atomic mass is 35.5. The van der Waals surface area contributed by atoms with E-state index in [0.29, 0.717) is 43.0 Å². The lowest BCUT2D eigenvalue weighted by Gasteiger charge is -2.26. The van der Waals surface area contributed by atoms with E-state index in [1.807, 2.05) is 0 Å². The van der Waals surface area contributed by atoms with Crippen molar-refractivity contribution >= 4 is 23.5 Å². The lowest BCUT2D eigenvalue weighted by Crippen LogP contribution is -2.42. The number of benzene rings is 1. The van der Waals surface area contributed by atoms with E-state index in [9.17, 15) is 9.59 Å². The minimum absolute atomic E-state index is 0.0542. The molecule has 3 rings (SSSR count). The summed E-state index contributed by atoms with van der Waals surface area (Å²) in [6, 6.07) is 7.02. The van der Waals surface area contributed by atoms with E-state index in [0.717, 1.165) is 5.56 Å². The number of hydrogen-bond acceptors (Lipinski definition) is 7. The minimum atomic E-state index is -0.488. The van der Waals surface area contributed by atoms with E-state index in [2.05, 4.69) is 10.1 Å². The molecule has 1 saturated heterocycles. The topological polar surface area (TPSA) is 94.8 Å². The van der Waals surface area contributed by atoms with Crippen molar-refractivity contribution in [2.75, 3.05) is 32.9 Å². The first-order valence-corrected chi connectivity index (χ1v) is 8.59. The number of carbonyl (C=O) groups is 2. The third-order valence-electron chi connectivity index (χ3n) is 3.83. The summed E-state index contributed by atoms with van der Waals surface area (Å²) in [5, 5.41) is 4.49. The molecule has 8 nitrogen and oxygen atoms in total. The molecule has 0 saturated carbocycles. The highest BCUT2D eigenvalue weighted by molar-refractivity contribution is 6.30. The van der Waals surface area contributed by atoms with Crippen molar-refractivity contribution in [1.29, 1.82) is 0 Å². The Hall–Kier alpha value is -2.45. The van der Waals surface area contributed by atoms with Crippen LogP contribution in [-0.4, -0.2) is 59.8 Å². The summed E-state index contributed by atoms with van der Waals surface area (Å²) in [4.78, 5) is 29.6. The molecule has 0 aliphatic carbocycles. The third kappa shape index (κ3) is 5.03. The fraction of sp³-hybridized carbons (Fsp3) is 0.412. The minimum Gasteiger partial charge on any atom is -0.456 e. The second kappa shape index (κ2) is 8.77. The highest BCUT2D eigenvalue weighted by Crippen LogP contribution is 2.19. The molecule has 0 atom stereocenters. The van der Waals surface area contributed by atoms with Crippen molar-refractivity contribution in [3.05, 3.63) is 35.2 Å². The Labute approximate surface area is 155 Å². The van der Waals surface area contributed by atoms with Crippen molar-refractivity contribution in [3.8, 4) is 11.4 Å². The standard InChI is InChI=1S/C17H18ClN3O5/c18-13-3-1-12(2-4-13)17-19-14(26-20-17)5-6-16(23)25-11-15(22)21-7-9-24-10-8-21/h1-4H,5-11H2. The van der Waals surface area contributed by atoms with Gasteiger partial charge in [0.25, 0.3) is 5.91 Å². The SMILES string of the molecule is O=C(CCc1nc(-c2ccc(Cl)cc2)no1)OCC(=O)N1CCOCC1. The van der Waals surface area contributed by atoms with Gasteiger partial charge in [0, 0.05) is 30.1 Å². The van der Waals surface area contributed by atoms with Crippen LogP contribution < -0.4 is 0 Å². The molecular formula is C17H18ClN3O5. The Morgan fingerprint density at radius 3 is 2.65 bits per heavy atom. The number of aromatic nitrogens is 2. The predicted molar refractivity (Wildman–Crippen MR) is 91.4 cm³/mol. The van der Waals surface area contributed by atoms with Gasteiger partial charge in [-0.25, -0.2) is 0 Å². The van der Waals surface area contributed by atoms with Crippen LogP contribution in [0.15, 0.2) is 28.8 Å². The zero-order valence-electron chi connectivity index (χ0n) is 14.0. The Bertz CT molecular complexity index is 756. The molecule has 138 valence electrons. The number of morpholine rings is 1. The van der Waals surface area contributed by atoms with Gasteiger partial charge in [-0.15, -0.1) is 0 Å². The van der Waals surface area contributed by atoms with E-state index in [4.69, 9.17) is 25.6 Å². The lowest BCUT2D eigenvalue weighted by molar-refractivity contribution is -0.153. The second-order valence-corrected chi connectivity index (χ2v) is 6.11. The van der Waals surface area contributed by atoms with E-state index < -0.39 is 5.97 Å². The summed E-state index contributed by atoms with van der Waals surface area (Å²) < 4.78 is 15.3. The van der Waals surface area contributed by atoms with Crippen LogP contribution in [0.25, 0.3) is 11.4 Å². The van der Waals surface area contributed by atoms with Crippen LogP contribution in [0.5, 0.6) is 0 Å². The normalized spacial score (nSPS) is 14.3. The molecule has 0 unspecified atom stereocenters. The number of esters is 1. The van der Waals surface area contributed by atoms with Crippen molar-refractivity contribution in [2.24, 2.45) is 0 Å². The first kappa shape index (κ1) is 18.3. The van der Waals surface area contributed by atoms with E-state index in [1.165, 1.54) is 0 Å². The average Bonchev–Trinajstić information content (AvgIpc) is 3.14. The fourth-order valence-corrected chi connectivity index (χ4v) is 2.53. The number of nitrogens with zero attached hydrogens (tertiary/aromatic N) is 3. The highest BCUT2D eigenvalue weighted by Gasteiger charge is 2.18. The Morgan fingerprint density at radius 1 is 1.19 bits per heavy atom. The smallest absolute Gasteiger partial charge is 0.306 e. The number of carbonyl (C=O) groups excluding carboxylic acids is 2. The van der Waals surface area contributed by atoms with Gasteiger partial charge in [-0.2, -0.15) is 4.98 Å². The Balaban J connectivity index is 1.43. The van der Waals surface area contributed by atoms with Crippen molar-refractivity contribution < 1.29 is 23.6 Å². The van der Waals surface area contributed by atoms with Gasteiger partial charge in [0.1, 0.15) is 0 Å². The van der Waals surface area contributed by atoms with E-state index in [1.54, 1.807) is 29.2 Å². The van der Waals surface area contributed by atoms with Crippen LogP contribution in [0.3, 0.4) is 0 Å². The van der Waals surface area contributed by atoms with Crippen molar-refractivity contribution in [1.82, 2.24) is 15.0 Å². The van der Waals surface area contributed by atoms with Crippen LogP contribution >= 0.6 is 11.6 Å². The van der Waals surface area contributed by atoms with E-state index >= 15 is 0 Å². The molecule has 1 aromatic heterocycles. The van der Waals surface area contributed by atoms with Gasteiger partial charge in [0.15, 0.2) is 6.61 Å². The molecule has 2 heterocycles. The number of amides is 1. The summed E-state index contributed by atoms with van der Waals surface area (Å²) in [5.41, 5.74) is 0.767. The summed E-state index contributed by atoms with van der Waals surface area (Å²) >= 11 is 5.84. The first-order valence-electron chi connectivity index (χ1n) is 8.21. The van der Waals surface area contributed by atoms with Gasteiger partial charge in [-0.1, -0.05) is 16.8 Å². The maximum Gasteiger partial charge on any atom is 0.306 e. The van der Waals surface area contributed by atoms with Gasteiger partial charge in [-0.05, 0) is 24.3 Å². The summed E-state index contributed by atoms with van der Waals surface area (Å²) in [6.07, 6.45) is 0.295. The number of hydrogen-bond donors (Lipinski definition) is 0. The molecule has 1 amide bonds. The number of ether oxygens (including phenoxy) is 2. The van der Waals surface area contributed by atoms with Gasteiger partial charge in [0.05, 0.1) is 19.6 Å². The zero-order chi connectivity index (χ0) is 18.4. The molecule has 0 radical (unpaired) electrons. The van der Waals surface area contributed by atoms with Crippen LogP contribution in [-0.2, 0) is 25.5 Å². The van der Waals surface area contributed by atoms with Gasteiger partial charge >= 0.3 is 5.97 Å². The maximum atomic E-state index is 11.9. The molecule has 1 aromatic carbocycles. The van der Waals surface area contributed by atoms with Crippen LogP contribution in [0.1, 0.15) is 12.3 Å². The van der Waals surface area contributed by atoms with Gasteiger partial charge in [-0.3, -0.25) is 9.59 Å². The molecule has 1 aliphatic rings. The molecular weight excluding hydrogens is 362 g/mol. The van der Waals surface area contributed by atoms with Gasteiger partial charge < -0.3 is 18.9 Å².